The summed E-state index contributed by atoms with van der Waals surface area (Å²) in [6, 6.07) is 2.69. The van der Waals surface area contributed by atoms with Crippen LogP contribution in [0.2, 0.25) is 0 Å². The Kier molecular flexibility index (Phi) is 4.02. The average molecular weight is 222 g/mol. The molecule has 3 heteroatoms. The van der Waals surface area contributed by atoms with Crippen LogP contribution in [-0.2, 0) is 11.3 Å². The lowest BCUT2D eigenvalue weighted by molar-refractivity contribution is 0.0971. The summed E-state index contributed by atoms with van der Waals surface area (Å²) in [6.45, 7) is 4.14. The number of ether oxygens (including phenoxy) is 1. The molecule has 1 aliphatic heterocycles. The minimum Gasteiger partial charge on any atom is -0.376 e. The summed E-state index contributed by atoms with van der Waals surface area (Å²) in [5, 5.41) is 3.33. The van der Waals surface area contributed by atoms with Gasteiger partial charge in [0.25, 0.3) is 0 Å². The van der Waals surface area contributed by atoms with E-state index in [9.17, 15) is 0 Å². The molecule has 1 fully saturated rings. The summed E-state index contributed by atoms with van der Waals surface area (Å²) >= 11 is 0. The summed E-state index contributed by atoms with van der Waals surface area (Å²) in [4.78, 5) is 0. The van der Waals surface area contributed by atoms with Crippen LogP contribution in [0.1, 0.15) is 37.8 Å². The predicted molar refractivity (Wildman–Crippen MR) is 65.5 cm³/mol. The van der Waals surface area contributed by atoms with Crippen LogP contribution in [0.15, 0.2) is 18.5 Å². The molecule has 0 radical (unpaired) electrons. The van der Waals surface area contributed by atoms with E-state index in [0.29, 0.717) is 12.1 Å². The van der Waals surface area contributed by atoms with Crippen LogP contribution < -0.4 is 5.32 Å². The van der Waals surface area contributed by atoms with E-state index < -0.39 is 0 Å². The lowest BCUT2D eigenvalue weighted by Gasteiger charge is -2.12. The van der Waals surface area contributed by atoms with Crippen LogP contribution in [0.3, 0.4) is 0 Å². The molecule has 1 aliphatic rings. The van der Waals surface area contributed by atoms with Gasteiger partial charge < -0.3 is 14.6 Å². The lowest BCUT2D eigenvalue weighted by atomic mass is 10.1. The Morgan fingerprint density at radius 3 is 3.12 bits per heavy atom. The fraction of sp³-hybridized carbons (Fsp3) is 0.692. The second kappa shape index (κ2) is 5.51. The minimum atomic E-state index is 0.426. The second-order valence-corrected chi connectivity index (χ2v) is 4.53. The van der Waals surface area contributed by atoms with Crippen molar-refractivity contribution in [3.63, 3.8) is 0 Å². The maximum Gasteiger partial charge on any atom is 0.0754 e. The topological polar surface area (TPSA) is 26.2 Å². The lowest BCUT2D eigenvalue weighted by Crippen LogP contribution is -2.15. The highest BCUT2D eigenvalue weighted by Gasteiger charge is 2.16. The number of rotatable bonds is 5. The van der Waals surface area contributed by atoms with E-state index >= 15 is 0 Å². The molecule has 2 rings (SSSR count). The number of hydrogen-bond acceptors (Lipinski definition) is 2. The standard InChI is InChI=1S/C13H22N2O/c1-3-13(14-2)11-6-7-15(9-11)10-12-5-4-8-16-12/h6-7,9,12-14H,3-5,8,10H2,1-2H3. The molecule has 0 saturated carbocycles. The monoisotopic (exact) mass is 222 g/mol. The average Bonchev–Trinajstić information content (AvgIpc) is 2.93. The Morgan fingerprint density at radius 1 is 1.62 bits per heavy atom. The molecule has 1 aromatic rings. The smallest absolute Gasteiger partial charge is 0.0754 e. The molecule has 2 atom stereocenters. The molecule has 0 bridgehead atoms. The fourth-order valence-electron chi connectivity index (χ4n) is 2.41. The van der Waals surface area contributed by atoms with Gasteiger partial charge in [-0.25, -0.2) is 0 Å². The van der Waals surface area contributed by atoms with Gasteiger partial charge in [0.2, 0.25) is 0 Å². The Balaban J connectivity index is 1.95. The fourth-order valence-corrected chi connectivity index (χ4v) is 2.41. The summed E-state index contributed by atoms with van der Waals surface area (Å²) in [7, 11) is 2.02. The van der Waals surface area contributed by atoms with Gasteiger partial charge in [-0.05, 0) is 37.9 Å². The van der Waals surface area contributed by atoms with Crippen molar-refractivity contribution in [2.75, 3.05) is 13.7 Å². The molecular formula is C13H22N2O. The second-order valence-electron chi connectivity index (χ2n) is 4.53. The predicted octanol–water partition coefficient (Wildman–Crippen LogP) is 2.34. The largest absolute Gasteiger partial charge is 0.376 e. The van der Waals surface area contributed by atoms with Crippen LogP contribution >= 0.6 is 0 Å². The van der Waals surface area contributed by atoms with Gasteiger partial charge in [-0.2, -0.15) is 0 Å². The van der Waals surface area contributed by atoms with E-state index in [1.54, 1.807) is 0 Å². The van der Waals surface area contributed by atoms with E-state index in [1.807, 2.05) is 7.05 Å². The Hall–Kier alpha value is -0.800. The van der Waals surface area contributed by atoms with Crippen molar-refractivity contribution in [2.24, 2.45) is 0 Å². The van der Waals surface area contributed by atoms with Gasteiger partial charge in [-0.15, -0.1) is 0 Å². The molecule has 0 aliphatic carbocycles. The first-order valence-corrected chi connectivity index (χ1v) is 6.28. The molecule has 0 amide bonds. The van der Waals surface area contributed by atoms with Gasteiger partial charge in [0.1, 0.15) is 0 Å². The first-order valence-electron chi connectivity index (χ1n) is 6.28. The van der Waals surface area contributed by atoms with Crippen molar-refractivity contribution in [1.29, 1.82) is 0 Å². The van der Waals surface area contributed by atoms with Gasteiger partial charge in [-0.1, -0.05) is 6.92 Å². The van der Waals surface area contributed by atoms with E-state index in [0.717, 1.165) is 19.6 Å². The van der Waals surface area contributed by atoms with E-state index in [4.69, 9.17) is 4.74 Å². The third-order valence-corrected chi connectivity index (χ3v) is 3.37. The van der Waals surface area contributed by atoms with Gasteiger partial charge >= 0.3 is 0 Å². The van der Waals surface area contributed by atoms with Crippen molar-refractivity contribution in [2.45, 2.75) is 44.9 Å². The number of nitrogens with one attached hydrogen (secondary N) is 1. The number of aromatic nitrogens is 1. The third kappa shape index (κ3) is 2.66. The van der Waals surface area contributed by atoms with Gasteiger partial charge in [0, 0.05) is 31.6 Å². The van der Waals surface area contributed by atoms with E-state index in [1.165, 1.54) is 18.4 Å². The Labute approximate surface area is 97.8 Å². The van der Waals surface area contributed by atoms with Crippen molar-refractivity contribution in [3.8, 4) is 0 Å². The van der Waals surface area contributed by atoms with Crippen molar-refractivity contribution in [3.05, 3.63) is 24.0 Å². The van der Waals surface area contributed by atoms with Crippen molar-refractivity contribution >= 4 is 0 Å². The van der Waals surface area contributed by atoms with Crippen molar-refractivity contribution in [1.82, 2.24) is 9.88 Å². The van der Waals surface area contributed by atoms with Crippen LogP contribution in [0.25, 0.3) is 0 Å². The first kappa shape index (κ1) is 11.7. The van der Waals surface area contributed by atoms with E-state index in [2.05, 4.69) is 35.3 Å². The molecule has 1 aromatic heterocycles. The maximum atomic E-state index is 5.64. The van der Waals surface area contributed by atoms with Gasteiger partial charge in [0.05, 0.1) is 6.10 Å². The molecule has 2 unspecified atom stereocenters. The third-order valence-electron chi connectivity index (χ3n) is 3.37. The highest BCUT2D eigenvalue weighted by Crippen LogP contribution is 2.18. The normalized spacial score (nSPS) is 22.5. The van der Waals surface area contributed by atoms with Gasteiger partial charge in [0.15, 0.2) is 0 Å². The SMILES string of the molecule is CCC(NC)c1ccn(CC2CCCO2)c1. The number of hydrogen-bond donors (Lipinski definition) is 1. The molecule has 16 heavy (non-hydrogen) atoms. The van der Waals surface area contributed by atoms with Gasteiger partial charge in [-0.3, -0.25) is 0 Å². The minimum absolute atomic E-state index is 0.426. The maximum absolute atomic E-state index is 5.64. The summed E-state index contributed by atoms with van der Waals surface area (Å²) in [5.41, 5.74) is 1.38. The highest BCUT2D eigenvalue weighted by atomic mass is 16.5. The summed E-state index contributed by atoms with van der Waals surface area (Å²) in [6.07, 6.45) is 8.38. The van der Waals surface area contributed by atoms with Crippen molar-refractivity contribution < 1.29 is 4.74 Å². The zero-order chi connectivity index (χ0) is 11.4. The van der Waals surface area contributed by atoms with Crippen LogP contribution in [-0.4, -0.2) is 24.3 Å². The Bertz CT molecular complexity index is 311. The number of nitrogens with zero attached hydrogens (tertiary/aromatic N) is 1. The zero-order valence-electron chi connectivity index (χ0n) is 10.3. The molecule has 0 spiro atoms. The quantitative estimate of drug-likeness (QED) is 0.827. The van der Waals surface area contributed by atoms with Crippen LogP contribution in [0.5, 0.6) is 0 Å². The van der Waals surface area contributed by atoms with E-state index in [-0.39, 0.29) is 0 Å². The highest BCUT2D eigenvalue weighted by molar-refractivity contribution is 5.15. The molecule has 3 nitrogen and oxygen atoms in total. The molecule has 1 N–H and O–H groups in total. The molecule has 0 aromatic carbocycles. The van der Waals surface area contributed by atoms with Crippen LogP contribution in [0.4, 0.5) is 0 Å². The molecule has 1 saturated heterocycles. The molecule has 90 valence electrons. The first-order chi connectivity index (χ1) is 7.83. The molecular weight excluding hydrogens is 200 g/mol. The zero-order valence-corrected chi connectivity index (χ0v) is 10.3. The summed E-state index contributed by atoms with van der Waals surface area (Å²) in [5.74, 6) is 0. The molecule has 2 heterocycles. The summed E-state index contributed by atoms with van der Waals surface area (Å²) < 4.78 is 7.90. The Morgan fingerprint density at radius 2 is 2.50 bits per heavy atom. The van der Waals surface area contributed by atoms with Crippen LogP contribution in [0, 0.1) is 0 Å².